The summed E-state index contributed by atoms with van der Waals surface area (Å²) in [5, 5.41) is 3.01. The van der Waals surface area contributed by atoms with Crippen LogP contribution in [-0.4, -0.2) is 77.1 Å². The van der Waals surface area contributed by atoms with E-state index in [4.69, 9.17) is 5.73 Å². The number of carbonyl (C=O) groups excluding carboxylic acids is 4. The number of rotatable bonds is 6. The Morgan fingerprint density at radius 2 is 1.74 bits per heavy atom. The van der Waals surface area contributed by atoms with Crippen LogP contribution in [0.2, 0.25) is 0 Å². The van der Waals surface area contributed by atoms with Crippen molar-refractivity contribution in [1.82, 2.24) is 14.7 Å². The molecule has 2 aromatic rings. The van der Waals surface area contributed by atoms with Crippen LogP contribution in [0.1, 0.15) is 42.1 Å². The number of para-hydroxylation sites is 1. The largest absolute Gasteiger partial charge is 0.397 e. The monoisotopic (exact) mass is 647 g/mol. The Labute approximate surface area is 239 Å². The van der Waals surface area contributed by atoms with Crippen molar-refractivity contribution >= 4 is 66.9 Å². The van der Waals surface area contributed by atoms with Crippen molar-refractivity contribution in [2.45, 2.75) is 44.7 Å². The summed E-state index contributed by atoms with van der Waals surface area (Å²) >= 11 is 6.70. The molecule has 1 saturated heterocycles. The zero-order valence-corrected chi connectivity index (χ0v) is 24.5. The second-order valence-corrected chi connectivity index (χ2v) is 11.4. The number of nitrogens with two attached hydrogens (primary N) is 1. The summed E-state index contributed by atoms with van der Waals surface area (Å²) in [5.41, 5.74) is 8.75. The SMILES string of the molecule is CC(=O)N(C)[C@H](CC(=O)c1cc(Br)c(N)c(Br)c1)C(=O)N1CCC(N2CCc3ccccc3NC2=O)CC1. The van der Waals surface area contributed by atoms with Crippen molar-refractivity contribution < 1.29 is 19.2 Å². The minimum Gasteiger partial charge on any atom is -0.397 e. The maximum absolute atomic E-state index is 13.6. The Balaban J connectivity index is 1.43. The Hall–Kier alpha value is -2.92. The summed E-state index contributed by atoms with van der Waals surface area (Å²) in [4.78, 5) is 56.8. The van der Waals surface area contributed by atoms with E-state index >= 15 is 0 Å². The minimum atomic E-state index is -0.928. The van der Waals surface area contributed by atoms with Crippen LogP contribution in [0.15, 0.2) is 45.3 Å². The normalized spacial score (nSPS) is 16.8. The summed E-state index contributed by atoms with van der Waals surface area (Å²) in [6, 6.07) is 9.99. The van der Waals surface area contributed by atoms with Gasteiger partial charge in [0.2, 0.25) is 11.8 Å². The van der Waals surface area contributed by atoms with Crippen LogP contribution in [0.4, 0.5) is 16.2 Å². The highest BCUT2D eigenvalue weighted by Gasteiger charge is 2.36. The van der Waals surface area contributed by atoms with Crippen LogP contribution >= 0.6 is 31.9 Å². The molecule has 4 amide bonds. The van der Waals surface area contributed by atoms with E-state index in [1.807, 2.05) is 29.2 Å². The molecule has 0 radical (unpaired) electrons. The highest BCUT2D eigenvalue weighted by atomic mass is 79.9. The van der Waals surface area contributed by atoms with E-state index in [1.165, 1.54) is 11.8 Å². The number of anilines is 2. The van der Waals surface area contributed by atoms with Crippen LogP contribution in [0, 0.1) is 0 Å². The van der Waals surface area contributed by atoms with E-state index in [1.54, 1.807) is 24.1 Å². The van der Waals surface area contributed by atoms with E-state index in [2.05, 4.69) is 37.2 Å². The number of likely N-dealkylation sites (tertiary alicyclic amines) is 1. The van der Waals surface area contributed by atoms with E-state index in [9.17, 15) is 19.2 Å². The molecule has 2 aliphatic rings. The fourth-order valence-electron chi connectivity index (χ4n) is 4.99. The zero-order chi connectivity index (χ0) is 27.6. The topological polar surface area (TPSA) is 116 Å². The van der Waals surface area contributed by atoms with Gasteiger partial charge in [-0.3, -0.25) is 14.4 Å². The Kier molecular flexibility index (Phi) is 8.77. The number of piperidine rings is 1. The maximum atomic E-state index is 13.6. The Bertz CT molecular complexity index is 1240. The van der Waals surface area contributed by atoms with Crippen LogP contribution < -0.4 is 11.1 Å². The van der Waals surface area contributed by atoms with Crippen molar-refractivity contribution in [2.75, 3.05) is 37.7 Å². The fourth-order valence-corrected chi connectivity index (χ4v) is 6.18. The standard InChI is InChI=1S/C27H31Br2N5O4/c1-16(35)32(2)23(15-24(36)18-13-20(28)25(30)21(29)14-18)26(37)33-10-8-19(9-11-33)34-12-7-17-5-3-4-6-22(17)31-27(34)38/h3-6,13-14,19,23H,7-12,15,30H2,1-2H3,(H,31,38)/t23-/m1/s1. The van der Waals surface area contributed by atoms with E-state index < -0.39 is 6.04 Å². The first-order valence-corrected chi connectivity index (χ1v) is 14.1. The summed E-state index contributed by atoms with van der Waals surface area (Å²) in [7, 11) is 1.54. The number of carbonyl (C=O) groups is 4. The molecule has 4 rings (SSSR count). The fraction of sp³-hybridized carbons (Fsp3) is 0.407. The van der Waals surface area contributed by atoms with Crippen LogP contribution in [0.3, 0.4) is 0 Å². The molecule has 1 atom stereocenters. The van der Waals surface area contributed by atoms with Crippen molar-refractivity contribution in [2.24, 2.45) is 0 Å². The molecular weight excluding hydrogens is 618 g/mol. The lowest BCUT2D eigenvalue weighted by molar-refractivity contribution is -0.144. The van der Waals surface area contributed by atoms with Crippen molar-refractivity contribution in [3.05, 3.63) is 56.5 Å². The number of ketones is 1. The molecule has 9 nitrogen and oxygen atoms in total. The molecule has 0 aromatic heterocycles. The van der Waals surface area contributed by atoms with Gasteiger partial charge in [0.05, 0.1) is 5.69 Å². The molecule has 0 aliphatic carbocycles. The van der Waals surface area contributed by atoms with E-state index in [-0.39, 0.29) is 36.1 Å². The van der Waals surface area contributed by atoms with Crippen LogP contribution in [0.5, 0.6) is 0 Å². The molecule has 2 aromatic carbocycles. The lowest BCUT2D eigenvalue weighted by Gasteiger charge is -2.40. The molecule has 2 aliphatic heterocycles. The molecule has 202 valence electrons. The van der Waals surface area contributed by atoms with Gasteiger partial charge >= 0.3 is 6.03 Å². The van der Waals surface area contributed by atoms with Crippen molar-refractivity contribution in [3.8, 4) is 0 Å². The molecule has 2 heterocycles. The maximum Gasteiger partial charge on any atom is 0.322 e. The number of nitrogens with one attached hydrogen (secondary N) is 1. The molecule has 38 heavy (non-hydrogen) atoms. The van der Waals surface area contributed by atoms with Gasteiger partial charge in [-0.25, -0.2) is 4.79 Å². The van der Waals surface area contributed by atoms with Gasteiger partial charge in [-0.1, -0.05) is 18.2 Å². The molecule has 0 spiro atoms. The summed E-state index contributed by atoms with van der Waals surface area (Å²) in [6.45, 7) is 2.87. The molecule has 11 heteroatoms. The number of amides is 4. The van der Waals surface area contributed by atoms with E-state index in [0.29, 0.717) is 52.7 Å². The third-order valence-corrected chi connectivity index (χ3v) is 8.70. The molecule has 0 bridgehead atoms. The average molecular weight is 649 g/mol. The van der Waals surface area contributed by atoms with Crippen LogP contribution in [0.25, 0.3) is 0 Å². The number of benzene rings is 2. The lowest BCUT2D eigenvalue weighted by Crippen LogP contribution is -2.54. The summed E-state index contributed by atoms with van der Waals surface area (Å²) in [6.07, 6.45) is 1.86. The van der Waals surface area contributed by atoms with E-state index in [0.717, 1.165) is 17.7 Å². The number of fused-ring (bicyclic) bond motifs is 1. The Morgan fingerprint density at radius 3 is 2.37 bits per heavy atom. The predicted octanol–water partition coefficient (Wildman–Crippen LogP) is 4.29. The first-order chi connectivity index (χ1) is 18.1. The lowest BCUT2D eigenvalue weighted by atomic mass is 9.98. The summed E-state index contributed by atoms with van der Waals surface area (Å²) < 4.78 is 1.14. The second kappa shape index (κ2) is 11.9. The Morgan fingerprint density at radius 1 is 1.11 bits per heavy atom. The highest BCUT2D eigenvalue weighted by molar-refractivity contribution is 9.11. The minimum absolute atomic E-state index is 0.00320. The number of nitrogen functional groups attached to an aromatic ring is 1. The zero-order valence-electron chi connectivity index (χ0n) is 21.4. The first-order valence-electron chi connectivity index (χ1n) is 12.5. The van der Waals surface area contributed by atoms with Gasteiger partial charge in [0.25, 0.3) is 0 Å². The van der Waals surface area contributed by atoms with Gasteiger partial charge in [0.15, 0.2) is 5.78 Å². The molecule has 1 fully saturated rings. The van der Waals surface area contributed by atoms with Gasteiger partial charge in [0, 0.05) is 66.3 Å². The van der Waals surface area contributed by atoms with Crippen molar-refractivity contribution in [1.29, 1.82) is 0 Å². The van der Waals surface area contributed by atoms with Gasteiger partial charge in [-0.15, -0.1) is 0 Å². The highest BCUT2D eigenvalue weighted by Crippen LogP contribution is 2.31. The smallest absolute Gasteiger partial charge is 0.322 e. The van der Waals surface area contributed by atoms with Gasteiger partial charge < -0.3 is 25.8 Å². The summed E-state index contributed by atoms with van der Waals surface area (Å²) in [5.74, 6) is -0.837. The second-order valence-electron chi connectivity index (χ2n) is 9.71. The number of nitrogens with zero attached hydrogens (tertiary/aromatic N) is 3. The van der Waals surface area contributed by atoms with Gasteiger partial charge in [-0.2, -0.15) is 0 Å². The molecule has 0 saturated carbocycles. The predicted molar refractivity (Wildman–Crippen MR) is 153 cm³/mol. The van der Waals surface area contributed by atoms with Gasteiger partial charge in [0.1, 0.15) is 6.04 Å². The molecule has 3 N–H and O–H groups in total. The number of urea groups is 1. The molecule has 0 unspecified atom stereocenters. The number of Topliss-reactive ketones (excluding diaryl/α,β-unsaturated/α-hetero) is 1. The third kappa shape index (κ3) is 6.04. The number of halogens is 2. The number of hydrogen-bond donors (Lipinski definition) is 2. The average Bonchev–Trinajstić information content (AvgIpc) is 3.07. The first kappa shape index (κ1) is 28.1. The number of likely N-dealkylation sites (N-methyl/N-ethyl adjacent to an activating group) is 1. The quantitative estimate of drug-likeness (QED) is 0.358. The van der Waals surface area contributed by atoms with Gasteiger partial charge in [-0.05, 0) is 74.9 Å². The van der Waals surface area contributed by atoms with Crippen LogP contribution in [-0.2, 0) is 16.0 Å². The van der Waals surface area contributed by atoms with Crippen molar-refractivity contribution in [3.63, 3.8) is 0 Å². The molecular formula is C27H31Br2N5O4. The number of hydrogen-bond acceptors (Lipinski definition) is 5. The third-order valence-electron chi connectivity index (χ3n) is 7.39.